The lowest BCUT2D eigenvalue weighted by atomic mass is 10.1. The van der Waals surface area contributed by atoms with Gasteiger partial charge in [0.2, 0.25) is 0 Å². The first-order valence-electron chi connectivity index (χ1n) is 7.17. The highest BCUT2D eigenvalue weighted by atomic mass is 35.7. The molecule has 0 heterocycles. The fraction of sp³-hybridized carbons (Fsp3) is 0.312. The number of methoxy groups -OCH3 is 1. The smallest absolute Gasteiger partial charge is 0.409 e. The van der Waals surface area contributed by atoms with Crippen LogP contribution in [0.3, 0.4) is 0 Å². The van der Waals surface area contributed by atoms with Gasteiger partial charge in [0.05, 0.1) is 7.11 Å². The third-order valence-electron chi connectivity index (χ3n) is 3.38. The summed E-state index contributed by atoms with van der Waals surface area (Å²) in [5.74, 6) is -0.311. The minimum atomic E-state index is -3.77. The van der Waals surface area contributed by atoms with E-state index in [9.17, 15) is 9.36 Å². The van der Waals surface area contributed by atoms with Crippen molar-refractivity contribution in [3.63, 3.8) is 0 Å². The summed E-state index contributed by atoms with van der Waals surface area (Å²) in [6.07, 6.45) is 0. The monoisotopic (exact) mass is 355 g/mol. The van der Waals surface area contributed by atoms with Gasteiger partial charge in [-0.2, -0.15) is 0 Å². The quantitative estimate of drug-likeness (QED) is 0.616. The zero-order valence-electron chi connectivity index (χ0n) is 13.2. The molecule has 1 unspecified atom stereocenters. The first-order chi connectivity index (χ1) is 10.8. The number of halogens is 1. The van der Waals surface area contributed by atoms with Crippen LogP contribution in [-0.4, -0.2) is 19.1 Å². The maximum atomic E-state index is 12.6. The van der Waals surface area contributed by atoms with Crippen molar-refractivity contribution >= 4 is 34.9 Å². The van der Waals surface area contributed by atoms with E-state index in [1.54, 1.807) is 26.0 Å². The van der Waals surface area contributed by atoms with Gasteiger partial charge >= 0.3 is 12.8 Å². The molecule has 0 aromatic heterocycles. The number of hydrogen-bond donors (Lipinski definition) is 1. The summed E-state index contributed by atoms with van der Waals surface area (Å²) in [7, 11) is 1.27. The maximum Gasteiger partial charge on any atom is 0.409 e. The SMILES string of the molecule is COC(=O)[C@@H](NP(=O)(Cl)Oc1cccc2ccccc12)C(C)C. The van der Waals surface area contributed by atoms with Crippen LogP contribution >= 0.6 is 18.1 Å². The summed E-state index contributed by atoms with van der Waals surface area (Å²) in [5, 5.41) is 4.31. The number of rotatable bonds is 6. The van der Waals surface area contributed by atoms with E-state index in [1.807, 2.05) is 30.3 Å². The van der Waals surface area contributed by atoms with Gasteiger partial charge in [-0.3, -0.25) is 4.79 Å². The lowest BCUT2D eigenvalue weighted by Gasteiger charge is -2.23. The molecule has 0 spiro atoms. The number of fused-ring (bicyclic) bond motifs is 1. The average molecular weight is 356 g/mol. The number of ether oxygens (including phenoxy) is 1. The Morgan fingerprint density at radius 2 is 1.83 bits per heavy atom. The Balaban J connectivity index is 2.26. The normalized spacial score (nSPS) is 15.2. The van der Waals surface area contributed by atoms with Gasteiger partial charge in [-0.05, 0) is 17.4 Å². The van der Waals surface area contributed by atoms with Gasteiger partial charge < -0.3 is 9.26 Å². The van der Waals surface area contributed by atoms with E-state index in [4.69, 9.17) is 20.5 Å². The Morgan fingerprint density at radius 1 is 1.17 bits per heavy atom. The highest BCUT2D eigenvalue weighted by Crippen LogP contribution is 2.50. The Labute approximate surface area is 140 Å². The predicted molar refractivity (Wildman–Crippen MR) is 91.8 cm³/mol. The average Bonchev–Trinajstić information content (AvgIpc) is 2.52. The van der Waals surface area contributed by atoms with E-state index in [1.165, 1.54) is 7.11 Å². The molecule has 124 valence electrons. The molecule has 0 aliphatic carbocycles. The molecule has 2 rings (SSSR count). The van der Waals surface area contributed by atoms with Crippen molar-refractivity contribution in [3.05, 3.63) is 42.5 Å². The zero-order valence-corrected chi connectivity index (χ0v) is 14.8. The second-order valence-corrected chi connectivity index (χ2v) is 8.16. The van der Waals surface area contributed by atoms with Crippen LogP contribution in [0.15, 0.2) is 42.5 Å². The van der Waals surface area contributed by atoms with Gasteiger partial charge in [0.1, 0.15) is 11.8 Å². The van der Waals surface area contributed by atoms with E-state index in [0.717, 1.165) is 10.8 Å². The van der Waals surface area contributed by atoms with Crippen molar-refractivity contribution in [1.29, 1.82) is 0 Å². The molecule has 0 aliphatic rings. The van der Waals surface area contributed by atoms with Crippen molar-refractivity contribution in [2.24, 2.45) is 5.92 Å². The number of benzene rings is 2. The fourth-order valence-electron chi connectivity index (χ4n) is 2.20. The van der Waals surface area contributed by atoms with Gasteiger partial charge in [-0.1, -0.05) is 50.2 Å². The van der Waals surface area contributed by atoms with Crippen molar-refractivity contribution in [1.82, 2.24) is 5.09 Å². The third kappa shape index (κ3) is 4.47. The van der Waals surface area contributed by atoms with E-state index < -0.39 is 18.9 Å². The van der Waals surface area contributed by atoms with E-state index >= 15 is 0 Å². The lowest BCUT2D eigenvalue weighted by Crippen LogP contribution is -2.39. The summed E-state index contributed by atoms with van der Waals surface area (Å²) in [4.78, 5) is 11.8. The molecule has 0 bridgehead atoms. The van der Waals surface area contributed by atoms with Crippen molar-refractivity contribution in [2.75, 3.05) is 7.11 Å². The van der Waals surface area contributed by atoms with Gasteiger partial charge in [0, 0.05) is 16.6 Å². The second kappa shape index (κ2) is 7.35. The van der Waals surface area contributed by atoms with Crippen LogP contribution in [0.25, 0.3) is 10.8 Å². The van der Waals surface area contributed by atoms with Crippen LogP contribution < -0.4 is 9.61 Å². The van der Waals surface area contributed by atoms with E-state index in [2.05, 4.69) is 5.09 Å². The third-order valence-corrected chi connectivity index (χ3v) is 4.90. The fourth-order valence-corrected chi connectivity index (χ4v) is 3.93. The molecule has 0 saturated carbocycles. The maximum absolute atomic E-state index is 12.6. The molecule has 0 aliphatic heterocycles. The molecule has 0 amide bonds. The number of nitrogens with one attached hydrogen (secondary N) is 1. The Hall–Kier alpha value is -1.55. The van der Waals surface area contributed by atoms with Gasteiger partial charge in [0.15, 0.2) is 0 Å². The first-order valence-corrected chi connectivity index (χ1v) is 9.69. The molecule has 0 saturated heterocycles. The van der Waals surface area contributed by atoms with E-state index in [-0.39, 0.29) is 5.92 Å². The summed E-state index contributed by atoms with van der Waals surface area (Å²) in [6.45, 7) is -0.184. The molecule has 2 aromatic rings. The molecule has 5 nitrogen and oxygen atoms in total. The van der Waals surface area contributed by atoms with Crippen LogP contribution in [-0.2, 0) is 14.1 Å². The molecule has 1 N–H and O–H groups in total. The van der Waals surface area contributed by atoms with Gasteiger partial charge in [-0.25, -0.2) is 9.65 Å². The number of carbonyl (C=O) groups is 1. The number of esters is 1. The highest BCUT2D eigenvalue weighted by Gasteiger charge is 2.33. The topological polar surface area (TPSA) is 64.6 Å². The molecule has 0 radical (unpaired) electrons. The Bertz CT molecular complexity index is 744. The highest BCUT2D eigenvalue weighted by molar-refractivity contribution is 7.84. The zero-order chi connectivity index (χ0) is 17.0. The minimum absolute atomic E-state index is 0.161. The van der Waals surface area contributed by atoms with Crippen LogP contribution in [0.1, 0.15) is 13.8 Å². The second-order valence-electron chi connectivity index (χ2n) is 5.42. The van der Waals surface area contributed by atoms with Crippen LogP contribution in [0.4, 0.5) is 0 Å². The predicted octanol–water partition coefficient (Wildman–Crippen LogP) is 4.35. The molecule has 23 heavy (non-hydrogen) atoms. The van der Waals surface area contributed by atoms with Crippen molar-refractivity contribution < 1.29 is 18.6 Å². The standard InChI is InChI=1S/C16H19ClNO4P/c1-11(2)15(16(19)21-3)18-23(17,20)22-14-10-6-8-12-7-4-5-9-13(12)14/h4-11,15H,1-3H3,(H,18,20)/t15-,23?/m0/s1. The molecule has 2 aromatic carbocycles. The van der Waals surface area contributed by atoms with Crippen molar-refractivity contribution in [2.45, 2.75) is 19.9 Å². The summed E-state index contributed by atoms with van der Waals surface area (Å²) < 4.78 is 22.8. The molecular formula is C16H19ClNO4P. The largest absolute Gasteiger partial charge is 0.468 e. The summed E-state index contributed by atoms with van der Waals surface area (Å²) in [6, 6.07) is 12.1. The molecule has 0 fully saturated rings. The Morgan fingerprint density at radius 3 is 2.48 bits per heavy atom. The molecule has 7 heteroatoms. The van der Waals surface area contributed by atoms with Gasteiger partial charge in [-0.15, -0.1) is 0 Å². The van der Waals surface area contributed by atoms with Crippen molar-refractivity contribution in [3.8, 4) is 5.75 Å². The van der Waals surface area contributed by atoms with Crippen LogP contribution in [0.5, 0.6) is 5.75 Å². The molecular weight excluding hydrogens is 337 g/mol. The summed E-state index contributed by atoms with van der Waals surface area (Å²) in [5.41, 5.74) is 0. The summed E-state index contributed by atoms with van der Waals surface area (Å²) >= 11 is 6.03. The molecule has 2 atom stereocenters. The van der Waals surface area contributed by atoms with Gasteiger partial charge in [0.25, 0.3) is 0 Å². The lowest BCUT2D eigenvalue weighted by molar-refractivity contribution is -0.143. The first kappa shape index (κ1) is 17.8. The van der Waals surface area contributed by atoms with Crippen LogP contribution in [0, 0.1) is 5.92 Å². The number of hydrogen-bond acceptors (Lipinski definition) is 4. The minimum Gasteiger partial charge on any atom is -0.468 e. The van der Waals surface area contributed by atoms with E-state index in [0.29, 0.717) is 5.75 Å². The number of carbonyl (C=O) groups excluding carboxylic acids is 1. The van der Waals surface area contributed by atoms with Crippen LogP contribution in [0.2, 0.25) is 0 Å². The Kier molecular flexibility index (Phi) is 5.69.